The predicted molar refractivity (Wildman–Crippen MR) is 90.2 cm³/mol. The van der Waals surface area contributed by atoms with Crippen molar-refractivity contribution in [3.05, 3.63) is 28.2 Å². The first-order chi connectivity index (χ1) is 11.6. The van der Waals surface area contributed by atoms with E-state index in [2.05, 4.69) is 20.0 Å². The van der Waals surface area contributed by atoms with Gasteiger partial charge in [0, 0.05) is 31.6 Å². The van der Waals surface area contributed by atoms with Crippen molar-refractivity contribution in [2.75, 3.05) is 13.1 Å². The zero-order valence-electron chi connectivity index (χ0n) is 14.1. The van der Waals surface area contributed by atoms with Gasteiger partial charge in [0.05, 0.1) is 30.2 Å². The molecule has 0 aliphatic carbocycles. The van der Waals surface area contributed by atoms with Gasteiger partial charge < -0.3 is 4.90 Å². The molecular weight excluding hydrogens is 324 g/mol. The van der Waals surface area contributed by atoms with Crippen LogP contribution in [0.25, 0.3) is 0 Å². The number of nitrogens with zero attached hydrogens (tertiary/aromatic N) is 6. The normalized spacial score (nSPS) is 24.6. The highest BCUT2D eigenvalue weighted by molar-refractivity contribution is 7.07. The van der Waals surface area contributed by atoms with Crippen molar-refractivity contribution in [1.82, 2.24) is 29.5 Å². The van der Waals surface area contributed by atoms with Crippen molar-refractivity contribution in [3.8, 4) is 0 Å². The van der Waals surface area contributed by atoms with Crippen LogP contribution in [0.15, 0.2) is 10.9 Å². The number of hydrogen-bond acceptors (Lipinski definition) is 6. The number of aryl methyl sites for hydroxylation is 2. The first-order valence-electron chi connectivity index (χ1n) is 8.36. The minimum absolute atomic E-state index is 0.0942. The molecule has 7 nitrogen and oxygen atoms in total. The van der Waals surface area contributed by atoms with Crippen molar-refractivity contribution in [3.63, 3.8) is 0 Å². The van der Waals surface area contributed by atoms with Crippen molar-refractivity contribution in [2.24, 2.45) is 13.0 Å². The molecule has 24 heavy (non-hydrogen) atoms. The average molecular weight is 346 g/mol. The quantitative estimate of drug-likeness (QED) is 0.832. The van der Waals surface area contributed by atoms with Gasteiger partial charge >= 0.3 is 0 Å². The van der Waals surface area contributed by atoms with E-state index in [0.717, 1.165) is 49.8 Å². The van der Waals surface area contributed by atoms with Gasteiger partial charge in [-0.25, -0.2) is 9.97 Å². The van der Waals surface area contributed by atoms with E-state index in [0.29, 0.717) is 6.54 Å². The summed E-state index contributed by atoms with van der Waals surface area (Å²) >= 11 is 1.58. The molecule has 0 N–H and O–H groups in total. The fourth-order valence-corrected chi connectivity index (χ4v) is 4.40. The van der Waals surface area contributed by atoms with E-state index in [1.54, 1.807) is 11.3 Å². The Balaban J connectivity index is 1.51. The molecule has 2 unspecified atom stereocenters. The van der Waals surface area contributed by atoms with Crippen LogP contribution in [0.2, 0.25) is 0 Å². The molecule has 0 radical (unpaired) electrons. The second-order valence-corrected chi connectivity index (χ2v) is 7.49. The van der Waals surface area contributed by atoms with E-state index >= 15 is 0 Å². The van der Waals surface area contributed by atoms with Crippen molar-refractivity contribution in [1.29, 1.82) is 0 Å². The standard InChI is InChI=1S/C16H22N6OS/c1-11-18-15(20(2)19-11)8-21-5-12-3-4-14(7-21)22(16(12)23)6-13-9-24-10-17-13/h9-10,12,14H,3-8H2,1-2H3. The van der Waals surface area contributed by atoms with E-state index in [-0.39, 0.29) is 17.9 Å². The first kappa shape index (κ1) is 15.7. The zero-order chi connectivity index (χ0) is 16.7. The molecule has 3 aliphatic rings. The van der Waals surface area contributed by atoms with E-state index in [1.807, 2.05) is 34.4 Å². The number of carbonyl (C=O) groups is 1. The summed E-state index contributed by atoms with van der Waals surface area (Å²) in [5.74, 6) is 2.14. The second-order valence-electron chi connectivity index (χ2n) is 6.77. The summed E-state index contributed by atoms with van der Waals surface area (Å²) < 4.78 is 1.84. The smallest absolute Gasteiger partial charge is 0.227 e. The summed E-state index contributed by atoms with van der Waals surface area (Å²) in [6.07, 6.45) is 2.07. The molecule has 128 valence electrons. The lowest BCUT2D eigenvalue weighted by Crippen LogP contribution is -2.47. The molecule has 0 spiro atoms. The number of rotatable bonds is 4. The third kappa shape index (κ3) is 2.95. The highest BCUT2D eigenvalue weighted by Gasteiger charge is 2.40. The molecule has 2 aromatic heterocycles. The Morgan fingerprint density at radius 3 is 2.88 bits per heavy atom. The third-order valence-electron chi connectivity index (χ3n) is 5.01. The van der Waals surface area contributed by atoms with Crippen LogP contribution in [0.5, 0.6) is 0 Å². The molecule has 5 rings (SSSR count). The molecule has 3 saturated heterocycles. The van der Waals surface area contributed by atoms with Crippen LogP contribution in [0, 0.1) is 12.8 Å². The monoisotopic (exact) mass is 346 g/mol. The molecule has 2 atom stereocenters. The minimum atomic E-state index is 0.0942. The van der Waals surface area contributed by atoms with Crippen molar-refractivity contribution in [2.45, 2.75) is 38.9 Å². The average Bonchev–Trinajstić information content (AvgIpc) is 3.07. The lowest BCUT2D eigenvalue weighted by atomic mass is 9.94. The molecule has 2 bridgehead atoms. The molecule has 0 aromatic carbocycles. The van der Waals surface area contributed by atoms with E-state index in [4.69, 9.17) is 0 Å². The fourth-order valence-electron chi connectivity index (χ4n) is 3.85. The summed E-state index contributed by atoms with van der Waals surface area (Å²) in [5, 5.41) is 6.36. The van der Waals surface area contributed by atoms with Gasteiger partial charge in [0.15, 0.2) is 0 Å². The Bertz CT molecular complexity index is 727. The van der Waals surface area contributed by atoms with Gasteiger partial charge in [-0.05, 0) is 19.8 Å². The number of amides is 1. The van der Waals surface area contributed by atoms with Crippen LogP contribution >= 0.6 is 11.3 Å². The Labute approximate surface area is 145 Å². The van der Waals surface area contributed by atoms with Crippen LogP contribution in [-0.4, -0.2) is 54.6 Å². The molecule has 8 heteroatoms. The maximum Gasteiger partial charge on any atom is 0.227 e. The number of hydrogen-bond donors (Lipinski definition) is 0. The zero-order valence-corrected chi connectivity index (χ0v) is 14.9. The highest BCUT2D eigenvalue weighted by atomic mass is 32.1. The van der Waals surface area contributed by atoms with Crippen LogP contribution < -0.4 is 0 Å². The highest BCUT2D eigenvalue weighted by Crippen LogP contribution is 2.30. The molecule has 1 amide bonds. The molecule has 3 aliphatic heterocycles. The number of fused-ring (bicyclic) bond motifs is 4. The van der Waals surface area contributed by atoms with Crippen molar-refractivity contribution >= 4 is 17.2 Å². The van der Waals surface area contributed by atoms with Gasteiger partial charge in [-0.15, -0.1) is 11.3 Å². The van der Waals surface area contributed by atoms with E-state index < -0.39 is 0 Å². The first-order valence-corrected chi connectivity index (χ1v) is 9.31. The Morgan fingerprint density at radius 2 is 2.17 bits per heavy atom. The van der Waals surface area contributed by atoms with Crippen LogP contribution in [0.3, 0.4) is 0 Å². The van der Waals surface area contributed by atoms with Crippen molar-refractivity contribution < 1.29 is 4.79 Å². The maximum atomic E-state index is 12.8. The fraction of sp³-hybridized carbons (Fsp3) is 0.625. The van der Waals surface area contributed by atoms with Crippen LogP contribution in [0.4, 0.5) is 0 Å². The second kappa shape index (κ2) is 6.25. The van der Waals surface area contributed by atoms with E-state index in [9.17, 15) is 4.79 Å². The third-order valence-corrected chi connectivity index (χ3v) is 5.64. The number of carbonyl (C=O) groups excluding carboxylic acids is 1. The maximum absolute atomic E-state index is 12.8. The summed E-state index contributed by atoms with van der Waals surface area (Å²) in [6, 6.07) is 0.271. The molecule has 0 saturated carbocycles. The Hall–Kier alpha value is -1.80. The minimum Gasteiger partial charge on any atom is -0.332 e. The Morgan fingerprint density at radius 1 is 1.29 bits per heavy atom. The summed E-state index contributed by atoms with van der Waals surface area (Å²) in [6.45, 7) is 5.02. The summed E-state index contributed by atoms with van der Waals surface area (Å²) in [7, 11) is 1.93. The van der Waals surface area contributed by atoms with Gasteiger partial charge in [0.25, 0.3) is 0 Å². The van der Waals surface area contributed by atoms with Gasteiger partial charge in [-0.3, -0.25) is 14.4 Å². The lowest BCUT2D eigenvalue weighted by molar-refractivity contribution is -0.140. The number of aromatic nitrogens is 4. The van der Waals surface area contributed by atoms with E-state index in [1.165, 1.54) is 0 Å². The topological polar surface area (TPSA) is 67.2 Å². The predicted octanol–water partition coefficient (Wildman–Crippen LogP) is 1.20. The van der Waals surface area contributed by atoms with Crippen LogP contribution in [-0.2, 0) is 24.9 Å². The summed E-state index contributed by atoms with van der Waals surface area (Å²) in [5.41, 5.74) is 2.83. The lowest BCUT2D eigenvalue weighted by Gasteiger charge is -2.35. The van der Waals surface area contributed by atoms with Gasteiger partial charge in [-0.1, -0.05) is 0 Å². The largest absolute Gasteiger partial charge is 0.332 e. The van der Waals surface area contributed by atoms with Gasteiger partial charge in [-0.2, -0.15) is 5.10 Å². The number of piperidine rings is 1. The number of thiazole rings is 1. The molecule has 2 aromatic rings. The van der Waals surface area contributed by atoms with Crippen LogP contribution in [0.1, 0.15) is 30.2 Å². The SMILES string of the molecule is Cc1nc(CN2CC3CCC(C2)N(Cc2cscn2)C3=O)n(C)n1. The molecular formula is C16H22N6OS. The summed E-state index contributed by atoms with van der Waals surface area (Å²) in [4.78, 5) is 26.1. The molecule has 3 fully saturated rings. The van der Waals surface area contributed by atoms with Gasteiger partial charge in [0.1, 0.15) is 11.6 Å². The molecule has 5 heterocycles. The Kier molecular flexibility index (Phi) is 4.09. The van der Waals surface area contributed by atoms with Gasteiger partial charge in [0.2, 0.25) is 5.91 Å².